The zero-order chi connectivity index (χ0) is 13.8. The van der Waals surface area contributed by atoms with Crippen LogP contribution >= 0.6 is 0 Å². The van der Waals surface area contributed by atoms with Gasteiger partial charge in [0.15, 0.2) is 0 Å². The van der Waals surface area contributed by atoms with Gasteiger partial charge < -0.3 is 10.5 Å². The fourth-order valence-corrected chi connectivity index (χ4v) is 2.92. The Morgan fingerprint density at radius 2 is 1.75 bits per heavy atom. The fourth-order valence-electron chi connectivity index (χ4n) is 2.92. The second-order valence-electron chi connectivity index (χ2n) is 5.91. The third-order valence-electron chi connectivity index (χ3n) is 4.18. The van der Waals surface area contributed by atoms with E-state index in [1.807, 2.05) is 30.3 Å². The van der Waals surface area contributed by atoms with Gasteiger partial charge in [-0.25, -0.2) is 4.98 Å². The van der Waals surface area contributed by atoms with Crippen LogP contribution in [0.1, 0.15) is 38.5 Å². The van der Waals surface area contributed by atoms with Crippen LogP contribution in [0.15, 0.2) is 36.4 Å². The van der Waals surface area contributed by atoms with Gasteiger partial charge in [-0.1, -0.05) is 43.9 Å². The summed E-state index contributed by atoms with van der Waals surface area (Å²) in [5.74, 6) is 0.678. The molecule has 0 unspecified atom stereocenters. The first-order valence-corrected chi connectivity index (χ1v) is 7.53. The molecule has 1 heterocycles. The molecule has 1 aliphatic rings. The van der Waals surface area contributed by atoms with Gasteiger partial charge in [0, 0.05) is 11.5 Å². The average Bonchev–Trinajstić information content (AvgIpc) is 2.70. The predicted octanol–water partition coefficient (Wildman–Crippen LogP) is 3.67. The van der Waals surface area contributed by atoms with E-state index in [4.69, 9.17) is 10.5 Å². The van der Waals surface area contributed by atoms with Gasteiger partial charge in [0.25, 0.3) is 0 Å². The van der Waals surface area contributed by atoms with Crippen molar-refractivity contribution in [3.8, 4) is 5.88 Å². The highest BCUT2D eigenvalue weighted by molar-refractivity contribution is 5.78. The number of fused-ring (bicyclic) bond motifs is 1. The molecular weight excluding hydrogens is 248 g/mol. The third-order valence-corrected chi connectivity index (χ3v) is 4.18. The molecule has 2 aromatic rings. The molecule has 0 spiro atoms. The maximum atomic E-state index is 6.47. The van der Waals surface area contributed by atoms with Crippen molar-refractivity contribution in [2.75, 3.05) is 6.61 Å². The number of pyridine rings is 1. The molecule has 3 heteroatoms. The number of hydrogen-bond donors (Lipinski definition) is 1. The molecule has 3 rings (SSSR count). The Kier molecular flexibility index (Phi) is 3.88. The lowest BCUT2D eigenvalue weighted by Gasteiger charge is -2.27. The molecule has 1 saturated carbocycles. The summed E-state index contributed by atoms with van der Waals surface area (Å²) in [6, 6.07) is 12.1. The first-order chi connectivity index (χ1) is 9.75. The summed E-state index contributed by atoms with van der Waals surface area (Å²) in [6.07, 6.45) is 7.14. The number of ether oxygens (including phenoxy) is 1. The Bertz CT molecular complexity index is 574. The smallest absolute Gasteiger partial charge is 0.213 e. The first-order valence-electron chi connectivity index (χ1n) is 7.53. The maximum Gasteiger partial charge on any atom is 0.213 e. The Balaban J connectivity index is 1.69. The van der Waals surface area contributed by atoms with E-state index < -0.39 is 0 Å². The highest BCUT2D eigenvalue weighted by Gasteiger charge is 2.27. The SMILES string of the molecule is NC1(COc2ccc3ccccc3n2)CCCCCC1. The van der Waals surface area contributed by atoms with Crippen LogP contribution in [0, 0.1) is 0 Å². The average molecular weight is 270 g/mol. The number of hydrogen-bond acceptors (Lipinski definition) is 3. The summed E-state index contributed by atoms with van der Waals surface area (Å²) in [4.78, 5) is 4.54. The van der Waals surface area contributed by atoms with E-state index in [-0.39, 0.29) is 5.54 Å². The monoisotopic (exact) mass is 270 g/mol. The Morgan fingerprint density at radius 3 is 2.55 bits per heavy atom. The second kappa shape index (κ2) is 5.80. The number of aromatic nitrogens is 1. The highest BCUT2D eigenvalue weighted by Crippen LogP contribution is 2.26. The molecule has 1 fully saturated rings. The van der Waals surface area contributed by atoms with E-state index in [0.717, 1.165) is 23.7 Å². The van der Waals surface area contributed by atoms with Crippen LogP contribution < -0.4 is 10.5 Å². The molecule has 0 radical (unpaired) electrons. The lowest BCUT2D eigenvalue weighted by atomic mass is 9.93. The normalized spacial score (nSPS) is 18.6. The molecule has 3 nitrogen and oxygen atoms in total. The molecule has 1 aliphatic carbocycles. The summed E-state index contributed by atoms with van der Waals surface area (Å²) < 4.78 is 5.88. The van der Waals surface area contributed by atoms with Crippen LogP contribution in [0.25, 0.3) is 10.9 Å². The van der Waals surface area contributed by atoms with E-state index in [1.54, 1.807) is 0 Å². The standard InChI is InChI=1S/C17H22N2O/c18-17(11-5-1-2-6-12-17)13-20-16-10-9-14-7-3-4-8-15(14)19-16/h3-4,7-10H,1-2,5-6,11-13,18H2. The molecule has 0 saturated heterocycles. The van der Waals surface area contributed by atoms with Gasteiger partial charge in [-0.15, -0.1) is 0 Å². The Labute approximate surface area is 120 Å². The van der Waals surface area contributed by atoms with Crippen molar-refractivity contribution in [1.82, 2.24) is 4.98 Å². The number of nitrogens with two attached hydrogens (primary N) is 1. The minimum atomic E-state index is -0.177. The highest BCUT2D eigenvalue weighted by atomic mass is 16.5. The number of nitrogens with zero attached hydrogens (tertiary/aromatic N) is 1. The van der Waals surface area contributed by atoms with Gasteiger partial charge in [-0.3, -0.25) is 0 Å². The Morgan fingerprint density at radius 1 is 1.00 bits per heavy atom. The van der Waals surface area contributed by atoms with Crippen molar-refractivity contribution in [1.29, 1.82) is 0 Å². The summed E-state index contributed by atoms with van der Waals surface area (Å²) in [5.41, 5.74) is 7.26. The van der Waals surface area contributed by atoms with E-state index in [9.17, 15) is 0 Å². The fraction of sp³-hybridized carbons (Fsp3) is 0.471. The van der Waals surface area contributed by atoms with Crippen LogP contribution in [-0.2, 0) is 0 Å². The third kappa shape index (κ3) is 3.10. The van der Waals surface area contributed by atoms with Gasteiger partial charge in [0.05, 0.1) is 11.1 Å². The molecule has 2 N–H and O–H groups in total. The molecule has 0 amide bonds. The minimum Gasteiger partial charge on any atom is -0.476 e. The van der Waals surface area contributed by atoms with Gasteiger partial charge in [-0.05, 0) is 25.0 Å². The van der Waals surface area contributed by atoms with Crippen molar-refractivity contribution in [2.24, 2.45) is 5.73 Å². The lowest BCUT2D eigenvalue weighted by Crippen LogP contribution is -2.45. The number of rotatable bonds is 3. The van der Waals surface area contributed by atoms with Gasteiger partial charge in [0.2, 0.25) is 5.88 Å². The quantitative estimate of drug-likeness (QED) is 0.866. The van der Waals surface area contributed by atoms with Crippen molar-refractivity contribution in [3.05, 3.63) is 36.4 Å². The van der Waals surface area contributed by atoms with E-state index in [1.165, 1.54) is 25.7 Å². The summed E-state index contributed by atoms with van der Waals surface area (Å²) >= 11 is 0. The van der Waals surface area contributed by atoms with Crippen LogP contribution in [0.3, 0.4) is 0 Å². The van der Waals surface area contributed by atoms with E-state index >= 15 is 0 Å². The van der Waals surface area contributed by atoms with Crippen LogP contribution in [0.2, 0.25) is 0 Å². The molecule has 1 aromatic heterocycles. The molecule has 0 bridgehead atoms. The van der Waals surface area contributed by atoms with Crippen molar-refractivity contribution in [2.45, 2.75) is 44.1 Å². The summed E-state index contributed by atoms with van der Waals surface area (Å²) in [6.45, 7) is 0.568. The molecule has 0 atom stereocenters. The van der Waals surface area contributed by atoms with Crippen molar-refractivity contribution >= 4 is 10.9 Å². The summed E-state index contributed by atoms with van der Waals surface area (Å²) in [7, 11) is 0. The van der Waals surface area contributed by atoms with Gasteiger partial charge in [-0.2, -0.15) is 0 Å². The number of para-hydroxylation sites is 1. The van der Waals surface area contributed by atoms with Crippen LogP contribution in [0.4, 0.5) is 0 Å². The zero-order valence-electron chi connectivity index (χ0n) is 11.8. The molecule has 1 aromatic carbocycles. The first kappa shape index (κ1) is 13.4. The van der Waals surface area contributed by atoms with Gasteiger partial charge in [0.1, 0.15) is 6.61 Å². The molecule has 20 heavy (non-hydrogen) atoms. The lowest BCUT2D eigenvalue weighted by molar-refractivity contribution is 0.194. The van der Waals surface area contributed by atoms with Crippen LogP contribution in [-0.4, -0.2) is 17.1 Å². The van der Waals surface area contributed by atoms with E-state index in [2.05, 4.69) is 11.1 Å². The Hall–Kier alpha value is -1.61. The second-order valence-corrected chi connectivity index (χ2v) is 5.91. The number of benzene rings is 1. The van der Waals surface area contributed by atoms with E-state index in [0.29, 0.717) is 12.5 Å². The van der Waals surface area contributed by atoms with Crippen molar-refractivity contribution in [3.63, 3.8) is 0 Å². The molecular formula is C17H22N2O. The van der Waals surface area contributed by atoms with Crippen molar-refractivity contribution < 1.29 is 4.74 Å². The predicted molar refractivity (Wildman–Crippen MR) is 81.9 cm³/mol. The maximum absolute atomic E-state index is 6.47. The van der Waals surface area contributed by atoms with Gasteiger partial charge >= 0.3 is 0 Å². The summed E-state index contributed by atoms with van der Waals surface area (Å²) in [5, 5.41) is 1.14. The largest absolute Gasteiger partial charge is 0.476 e. The molecule has 0 aliphatic heterocycles. The topological polar surface area (TPSA) is 48.1 Å². The molecule has 106 valence electrons. The van der Waals surface area contributed by atoms with Crippen LogP contribution in [0.5, 0.6) is 5.88 Å². The zero-order valence-corrected chi connectivity index (χ0v) is 11.8. The minimum absolute atomic E-state index is 0.177.